The highest BCUT2D eigenvalue weighted by Gasteiger charge is 2.35. The Morgan fingerprint density at radius 2 is 1.60 bits per heavy atom. The second-order valence-corrected chi connectivity index (χ2v) is 9.69. The minimum absolute atomic E-state index is 0.0163. The molecular formula is C27H34N4O4. The van der Waals surface area contributed by atoms with Crippen LogP contribution in [0.1, 0.15) is 50.9 Å². The molecule has 0 aliphatic carbocycles. The number of amides is 3. The molecule has 0 saturated carbocycles. The Morgan fingerprint density at radius 1 is 0.971 bits per heavy atom. The van der Waals surface area contributed by atoms with Crippen molar-refractivity contribution in [2.45, 2.75) is 58.7 Å². The maximum absolute atomic E-state index is 12.9. The van der Waals surface area contributed by atoms with Gasteiger partial charge in [-0.25, -0.2) is 4.79 Å². The molecule has 8 heteroatoms. The zero-order valence-corrected chi connectivity index (χ0v) is 20.9. The van der Waals surface area contributed by atoms with E-state index in [-0.39, 0.29) is 30.0 Å². The van der Waals surface area contributed by atoms with Crippen molar-refractivity contribution >= 4 is 29.3 Å². The number of carbonyl (C=O) groups excluding carboxylic acids is 3. The summed E-state index contributed by atoms with van der Waals surface area (Å²) in [4.78, 5) is 43.3. The van der Waals surface area contributed by atoms with Crippen molar-refractivity contribution in [1.82, 2.24) is 4.90 Å². The summed E-state index contributed by atoms with van der Waals surface area (Å²) >= 11 is 0. The summed E-state index contributed by atoms with van der Waals surface area (Å²) < 4.78 is 5.48. The molecule has 0 bridgehead atoms. The van der Waals surface area contributed by atoms with Crippen molar-refractivity contribution < 1.29 is 19.1 Å². The fraction of sp³-hybridized carbons (Fsp3) is 0.444. The minimum atomic E-state index is -0.435. The molecule has 0 spiro atoms. The predicted molar refractivity (Wildman–Crippen MR) is 137 cm³/mol. The molecule has 1 saturated heterocycles. The van der Waals surface area contributed by atoms with Gasteiger partial charge in [-0.3, -0.25) is 14.5 Å². The van der Waals surface area contributed by atoms with Gasteiger partial charge in [-0.2, -0.15) is 0 Å². The summed E-state index contributed by atoms with van der Waals surface area (Å²) in [6, 6.07) is 13.2. The standard InChI is InChI=1S/C27H34N4O4/c1-17(2)35-27(34)30-16-18(3)31(19(4)32)24-10-9-22(15-25(24)30)20-5-7-21(8-6-20)26(33)29-13-11-23(28)12-14-29/h5-10,15,17-18,23H,11-14,16,28H2,1-4H3/t18-/m0/s1. The van der Waals surface area contributed by atoms with Gasteiger partial charge in [0.15, 0.2) is 0 Å². The third-order valence-electron chi connectivity index (χ3n) is 6.60. The van der Waals surface area contributed by atoms with Crippen molar-refractivity contribution in [1.29, 1.82) is 0 Å². The Kier molecular flexibility index (Phi) is 7.12. The van der Waals surface area contributed by atoms with Gasteiger partial charge < -0.3 is 20.3 Å². The molecule has 3 amide bonds. The van der Waals surface area contributed by atoms with E-state index < -0.39 is 6.09 Å². The number of anilines is 2. The quantitative estimate of drug-likeness (QED) is 0.719. The highest BCUT2D eigenvalue weighted by Crippen LogP contribution is 2.39. The lowest BCUT2D eigenvalue weighted by Crippen LogP contribution is -2.51. The van der Waals surface area contributed by atoms with E-state index in [2.05, 4.69) is 0 Å². The van der Waals surface area contributed by atoms with Crippen LogP contribution in [0.4, 0.5) is 16.2 Å². The molecule has 1 atom stereocenters. The van der Waals surface area contributed by atoms with E-state index in [9.17, 15) is 14.4 Å². The number of nitrogens with two attached hydrogens (primary N) is 1. The van der Waals surface area contributed by atoms with Crippen LogP contribution >= 0.6 is 0 Å². The highest BCUT2D eigenvalue weighted by atomic mass is 16.6. The summed E-state index contributed by atoms with van der Waals surface area (Å²) in [6.45, 7) is 8.77. The lowest BCUT2D eigenvalue weighted by molar-refractivity contribution is -0.117. The van der Waals surface area contributed by atoms with Gasteiger partial charge in [0.1, 0.15) is 0 Å². The number of fused-ring (bicyclic) bond motifs is 1. The normalized spacial score (nSPS) is 18.5. The molecule has 0 radical (unpaired) electrons. The van der Waals surface area contributed by atoms with E-state index >= 15 is 0 Å². The van der Waals surface area contributed by atoms with E-state index in [0.29, 0.717) is 36.6 Å². The van der Waals surface area contributed by atoms with Crippen LogP contribution in [0.25, 0.3) is 11.1 Å². The van der Waals surface area contributed by atoms with Crippen molar-refractivity contribution in [3.63, 3.8) is 0 Å². The fourth-order valence-electron chi connectivity index (χ4n) is 4.81. The molecule has 2 aromatic rings. The van der Waals surface area contributed by atoms with E-state index in [4.69, 9.17) is 10.5 Å². The average Bonchev–Trinajstić information content (AvgIpc) is 2.82. The van der Waals surface area contributed by atoms with Gasteiger partial charge in [0.25, 0.3) is 5.91 Å². The minimum Gasteiger partial charge on any atom is -0.446 e. The van der Waals surface area contributed by atoms with Crippen molar-refractivity contribution in [3.8, 4) is 11.1 Å². The molecule has 186 valence electrons. The summed E-state index contributed by atoms with van der Waals surface area (Å²) in [5, 5.41) is 0. The van der Waals surface area contributed by atoms with Crippen LogP contribution in [0.15, 0.2) is 42.5 Å². The van der Waals surface area contributed by atoms with Gasteiger partial charge in [-0.05, 0) is 69.0 Å². The molecule has 2 aromatic carbocycles. The number of benzene rings is 2. The number of nitrogens with zero attached hydrogens (tertiary/aromatic N) is 3. The Labute approximate surface area is 206 Å². The lowest BCUT2D eigenvalue weighted by atomic mass is 9.99. The van der Waals surface area contributed by atoms with Crippen LogP contribution < -0.4 is 15.5 Å². The lowest BCUT2D eigenvalue weighted by Gasteiger charge is -2.40. The number of rotatable bonds is 3. The Bertz CT molecular complexity index is 1110. The Morgan fingerprint density at radius 3 is 2.20 bits per heavy atom. The first-order valence-electron chi connectivity index (χ1n) is 12.2. The molecule has 0 unspecified atom stereocenters. The second-order valence-electron chi connectivity index (χ2n) is 9.69. The molecule has 2 aliphatic heterocycles. The van der Waals surface area contributed by atoms with Gasteiger partial charge in [0.05, 0.1) is 23.5 Å². The molecule has 2 aliphatic rings. The second kappa shape index (κ2) is 10.1. The fourth-order valence-corrected chi connectivity index (χ4v) is 4.81. The van der Waals surface area contributed by atoms with Crippen LogP contribution in [-0.2, 0) is 9.53 Å². The number of hydrogen-bond donors (Lipinski definition) is 1. The number of piperidine rings is 1. The van der Waals surface area contributed by atoms with Gasteiger partial charge in [-0.1, -0.05) is 18.2 Å². The molecule has 1 fully saturated rings. The van der Waals surface area contributed by atoms with E-state index in [1.807, 2.05) is 68.1 Å². The maximum atomic E-state index is 12.9. The third kappa shape index (κ3) is 5.17. The van der Waals surface area contributed by atoms with E-state index in [0.717, 1.165) is 24.0 Å². The summed E-state index contributed by atoms with van der Waals surface area (Å²) in [5.41, 5.74) is 9.70. The predicted octanol–water partition coefficient (Wildman–Crippen LogP) is 4.02. The van der Waals surface area contributed by atoms with Crippen LogP contribution in [0.5, 0.6) is 0 Å². The van der Waals surface area contributed by atoms with Crippen molar-refractivity contribution in [2.75, 3.05) is 29.4 Å². The maximum Gasteiger partial charge on any atom is 0.414 e. The highest BCUT2D eigenvalue weighted by molar-refractivity contribution is 6.03. The number of hydrogen-bond acceptors (Lipinski definition) is 5. The first-order chi connectivity index (χ1) is 16.7. The van der Waals surface area contributed by atoms with Gasteiger partial charge >= 0.3 is 6.09 Å². The topological polar surface area (TPSA) is 96.2 Å². The number of carbonyl (C=O) groups is 3. The third-order valence-corrected chi connectivity index (χ3v) is 6.60. The monoisotopic (exact) mass is 478 g/mol. The molecule has 4 rings (SSSR count). The SMILES string of the molecule is CC(=O)N1c2ccc(-c3ccc(C(=O)N4CCC(N)CC4)cc3)cc2N(C(=O)OC(C)C)C[C@@H]1C. The first-order valence-corrected chi connectivity index (χ1v) is 12.2. The van der Waals surface area contributed by atoms with E-state index in [1.165, 1.54) is 6.92 Å². The van der Waals surface area contributed by atoms with E-state index in [1.54, 1.807) is 9.80 Å². The molecule has 0 aromatic heterocycles. The van der Waals surface area contributed by atoms with Crippen LogP contribution in [-0.4, -0.2) is 60.6 Å². The summed E-state index contributed by atoms with van der Waals surface area (Å²) in [7, 11) is 0. The number of ether oxygens (including phenoxy) is 1. The van der Waals surface area contributed by atoms with Crippen LogP contribution in [0.2, 0.25) is 0 Å². The molecule has 2 N–H and O–H groups in total. The van der Waals surface area contributed by atoms with Gasteiger partial charge in [0, 0.05) is 38.2 Å². The average molecular weight is 479 g/mol. The largest absolute Gasteiger partial charge is 0.446 e. The Balaban J connectivity index is 1.63. The summed E-state index contributed by atoms with van der Waals surface area (Å²) in [6.07, 6.45) is 0.960. The molecule has 35 heavy (non-hydrogen) atoms. The van der Waals surface area contributed by atoms with Gasteiger partial charge in [0.2, 0.25) is 5.91 Å². The van der Waals surface area contributed by atoms with Gasteiger partial charge in [-0.15, -0.1) is 0 Å². The smallest absolute Gasteiger partial charge is 0.414 e. The van der Waals surface area contributed by atoms with Crippen LogP contribution in [0.3, 0.4) is 0 Å². The van der Waals surface area contributed by atoms with Crippen molar-refractivity contribution in [3.05, 3.63) is 48.0 Å². The zero-order valence-electron chi connectivity index (χ0n) is 20.9. The zero-order chi connectivity index (χ0) is 25.3. The molecule has 2 heterocycles. The summed E-state index contributed by atoms with van der Waals surface area (Å²) in [5.74, 6) is -0.0625. The number of likely N-dealkylation sites (tertiary alicyclic amines) is 1. The van der Waals surface area contributed by atoms with Crippen LogP contribution in [0, 0.1) is 0 Å². The first kappa shape index (κ1) is 24.7. The Hall–Kier alpha value is -3.39. The molecule has 8 nitrogen and oxygen atoms in total. The molecular weight excluding hydrogens is 444 g/mol. The van der Waals surface area contributed by atoms with Crippen molar-refractivity contribution in [2.24, 2.45) is 5.73 Å².